The number of nitrogens with one attached hydrogen (secondary N) is 4. The molecule has 1 aromatic carbocycles. The van der Waals surface area contributed by atoms with E-state index in [-0.39, 0.29) is 11.9 Å². The van der Waals surface area contributed by atoms with Gasteiger partial charge in [0.25, 0.3) is 0 Å². The van der Waals surface area contributed by atoms with Crippen LogP contribution in [0.1, 0.15) is 22.3 Å². The van der Waals surface area contributed by atoms with Crippen LogP contribution in [0, 0.1) is 24.7 Å². The molecule has 0 saturated carbocycles. The van der Waals surface area contributed by atoms with Crippen LogP contribution in [0.5, 0.6) is 0 Å². The average molecular weight is 276 g/mol. The summed E-state index contributed by atoms with van der Waals surface area (Å²) in [4.78, 5) is 0. The number of hydrogen-bond donors (Lipinski definition) is 6. The average Bonchev–Trinajstić information content (AvgIpc) is 2.33. The molecule has 8 N–H and O–H groups in total. The van der Waals surface area contributed by atoms with Crippen LogP contribution in [-0.2, 0) is 12.8 Å². The number of aryl methyl sites for hydroxylation is 1. The molecule has 0 fully saturated rings. The van der Waals surface area contributed by atoms with Crippen LogP contribution in [0.3, 0.4) is 0 Å². The zero-order valence-electron chi connectivity index (χ0n) is 12.1. The van der Waals surface area contributed by atoms with Crippen molar-refractivity contribution < 1.29 is 0 Å². The van der Waals surface area contributed by atoms with Crippen molar-refractivity contribution in [2.75, 3.05) is 13.1 Å². The lowest BCUT2D eigenvalue weighted by Crippen LogP contribution is -2.32. The molecule has 1 rings (SSSR count). The van der Waals surface area contributed by atoms with Gasteiger partial charge in [0.15, 0.2) is 11.9 Å². The van der Waals surface area contributed by atoms with Crippen LogP contribution in [0.2, 0.25) is 0 Å². The molecule has 0 aliphatic carbocycles. The third-order valence-electron chi connectivity index (χ3n) is 3.19. The summed E-state index contributed by atoms with van der Waals surface area (Å²) in [7, 11) is 0. The van der Waals surface area contributed by atoms with E-state index in [4.69, 9.17) is 22.3 Å². The molecule has 0 atom stereocenters. The van der Waals surface area contributed by atoms with Crippen molar-refractivity contribution >= 4 is 11.9 Å². The number of nitrogens with two attached hydrogens (primary N) is 2. The van der Waals surface area contributed by atoms with Gasteiger partial charge in [-0.05, 0) is 43.4 Å². The van der Waals surface area contributed by atoms with Crippen molar-refractivity contribution in [2.24, 2.45) is 11.5 Å². The van der Waals surface area contributed by atoms with Crippen LogP contribution in [0.15, 0.2) is 12.1 Å². The highest BCUT2D eigenvalue weighted by molar-refractivity contribution is 5.74. The Labute approximate surface area is 120 Å². The van der Waals surface area contributed by atoms with Crippen molar-refractivity contribution in [2.45, 2.75) is 26.7 Å². The van der Waals surface area contributed by atoms with Gasteiger partial charge in [-0.2, -0.15) is 0 Å². The van der Waals surface area contributed by atoms with E-state index in [1.54, 1.807) is 0 Å². The van der Waals surface area contributed by atoms with Crippen molar-refractivity contribution in [1.29, 1.82) is 10.8 Å². The van der Waals surface area contributed by atoms with Crippen LogP contribution >= 0.6 is 0 Å². The third-order valence-corrected chi connectivity index (χ3v) is 3.19. The smallest absolute Gasteiger partial charge is 0.185 e. The molecule has 0 heterocycles. The lowest BCUT2D eigenvalue weighted by atomic mass is 9.95. The molecule has 6 nitrogen and oxygen atoms in total. The Kier molecular flexibility index (Phi) is 5.83. The van der Waals surface area contributed by atoms with E-state index in [1.165, 1.54) is 22.3 Å². The van der Waals surface area contributed by atoms with Gasteiger partial charge in [0, 0.05) is 13.1 Å². The molecule has 0 radical (unpaired) electrons. The fourth-order valence-electron chi connectivity index (χ4n) is 2.20. The zero-order chi connectivity index (χ0) is 15.1. The van der Waals surface area contributed by atoms with Crippen LogP contribution in [-0.4, -0.2) is 25.0 Å². The maximum Gasteiger partial charge on any atom is 0.185 e. The maximum absolute atomic E-state index is 7.16. The van der Waals surface area contributed by atoms with Gasteiger partial charge in [-0.3, -0.25) is 10.8 Å². The monoisotopic (exact) mass is 276 g/mol. The van der Waals surface area contributed by atoms with Gasteiger partial charge < -0.3 is 22.1 Å². The Balaban J connectivity index is 2.72. The molecule has 0 aliphatic rings. The Bertz CT molecular complexity index is 453. The van der Waals surface area contributed by atoms with Gasteiger partial charge in [-0.1, -0.05) is 17.7 Å². The van der Waals surface area contributed by atoms with Crippen LogP contribution in [0.25, 0.3) is 0 Å². The summed E-state index contributed by atoms with van der Waals surface area (Å²) >= 11 is 0. The standard InChI is InChI=1S/C14H24N6/c1-9-7-11(3-5-19-13(15)16)10(2)12(8-9)4-6-20-14(17)18/h7-8H,3-6H2,1-2H3,(H4,15,16,19)(H4,17,18,20). The Morgan fingerprint density at radius 3 is 1.70 bits per heavy atom. The first-order valence-electron chi connectivity index (χ1n) is 6.65. The lowest BCUT2D eigenvalue weighted by molar-refractivity contribution is 0.827. The summed E-state index contributed by atoms with van der Waals surface area (Å²) in [5.41, 5.74) is 15.6. The number of hydrogen-bond acceptors (Lipinski definition) is 2. The van der Waals surface area contributed by atoms with E-state index < -0.39 is 0 Å². The topological polar surface area (TPSA) is 124 Å². The van der Waals surface area contributed by atoms with E-state index in [2.05, 4.69) is 36.6 Å². The minimum absolute atomic E-state index is 0.00110. The van der Waals surface area contributed by atoms with Crippen LogP contribution < -0.4 is 22.1 Å². The van der Waals surface area contributed by atoms with Crippen molar-refractivity contribution in [3.8, 4) is 0 Å². The molecule has 0 aromatic heterocycles. The van der Waals surface area contributed by atoms with Gasteiger partial charge in [-0.25, -0.2) is 0 Å². The van der Waals surface area contributed by atoms with E-state index >= 15 is 0 Å². The van der Waals surface area contributed by atoms with E-state index in [1.807, 2.05) is 0 Å². The summed E-state index contributed by atoms with van der Waals surface area (Å²) in [6.45, 7) is 5.49. The van der Waals surface area contributed by atoms with E-state index in [9.17, 15) is 0 Å². The first-order chi connectivity index (χ1) is 9.40. The molecular weight excluding hydrogens is 252 g/mol. The molecule has 0 unspecified atom stereocenters. The Hall–Kier alpha value is -2.24. The van der Waals surface area contributed by atoms with Crippen molar-refractivity contribution in [3.05, 3.63) is 34.4 Å². The quantitative estimate of drug-likeness (QED) is 0.331. The summed E-state index contributed by atoms with van der Waals surface area (Å²) in [5.74, 6) is 0.00220. The molecule has 110 valence electrons. The van der Waals surface area contributed by atoms with E-state index in [0.717, 1.165) is 12.8 Å². The lowest BCUT2D eigenvalue weighted by Gasteiger charge is -2.14. The van der Waals surface area contributed by atoms with Crippen LogP contribution in [0.4, 0.5) is 0 Å². The Morgan fingerprint density at radius 2 is 1.35 bits per heavy atom. The largest absolute Gasteiger partial charge is 0.370 e. The minimum atomic E-state index is 0.00110. The second-order valence-electron chi connectivity index (χ2n) is 4.89. The molecule has 0 bridgehead atoms. The summed E-state index contributed by atoms with van der Waals surface area (Å²) in [6.07, 6.45) is 1.67. The molecular formula is C14H24N6. The normalized spacial score (nSPS) is 10.1. The third kappa shape index (κ3) is 5.17. The minimum Gasteiger partial charge on any atom is -0.370 e. The molecule has 0 saturated heterocycles. The predicted molar refractivity (Wildman–Crippen MR) is 83.2 cm³/mol. The maximum atomic E-state index is 7.16. The van der Waals surface area contributed by atoms with Gasteiger partial charge in [0.1, 0.15) is 0 Å². The summed E-state index contributed by atoms with van der Waals surface area (Å²) in [6, 6.07) is 4.33. The predicted octanol–water partition coefficient (Wildman–Crippen LogP) is 0.355. The number of rotatable bonds is 6. The summed E-state index contributed by atoms with van der Waals surface area (Å²) in [5, 5.41) is 20.0. The summed E-state index contributed by atoms with van der Waals surface area (Å²) < 4.78 is 0. The second-order valence-corrected chi connectivity index (χ2v) is 4.89. The molecule has 0 amide bonds. The van der Waals surface area contributed by atoms with Gasteiger partial charge in [0.2, 0.25) is 0 Å². The highest BCUT2D eigenvalue weighted by Gasteiger charge is 2.06. The van der Waals surface area contributed by atoms with Gasteiger partial charge in [-0.15, -0.1) is 0 Å². The highest BCUT2D eigenvalue weighted by atomic mass is 15.0. The fourth-order valence-corrected chi connectivity index (χ4v) is 2.20. The van der Waals surface area contributed by atoms with Gasteiger partial charge in [0.05, 0.1) is 0 Å². The second kappa shape index (κ2) is 7.37. The molecule has 0 spiro atoms. The van der Waals surface area contributed by atoms with Crippen molar-refractivity contribution in [1.82, 2.24) is 10.6 Å². The Morgan fingerprint density at radius 1 is 0.950 bits per heavy atom. The number of benzene rings is 1. The van der Waals surface area contributed by atoms with Gasteiger partial charge >= 0.3 is 0 Å². The van der Waals surface area contributed by atoms with Crippen molar-refractivity contribution in [3.63, 3.8) is 0 Å². The molecule has 1 aromatic rings. The zero-order valence-corrected chi connectivity index (χ0v) is 12.1. The van der Waals surface area contributed by atoms with E-state index in [0.29, 0.717) is 13.1 Å². The number of guanidine groups is 2. The first kappa shape index (κ1) is 15.8. The first-order valence-corrected chi connectivity index (χ1v) is 6.65. The highest BCUT2D eigenvalue weighted by Crippen LogP contribution is 2.17. The molecule has 20 heavy (non-hydrogen) atoms. The molecule has 6 heteroatoms. The SMILES string of the molecule is Cc1cc(CCNC(=N)N)c(C)c(CCNC(=N)N)c1. The molecule has 0 aliphatic heterocycles. The fraction of sp³-hybridized carbons (Fsp3) is 0.429.